The first-order valence-electron chi connectivity index (χ1n) is 5.51. The average Bonchev–Trinajstić information content (AvgIpc) is 2.27. The molecule has 1 rings (SSSR count). The number of carboxylic acid groups (broad SMARTS) is 1. The van der Waals surface area contributed by atoms with Crippen LogP contribution in [-0.4, -0.2) is 17.0 Å². The van der Waals surface area contributed by atoms with Gasteiger partial charge in [0.05, 0.1) is 0 Å². The molecule has 1 aromatic carbocycles. The predicted molar refractivity (Wildman–Crippen MR) is 63.4 cm³/mol. The van der Waals surface area contributed by atoms with Gasteiger partial charge in [0.25, 0.3) is 0 Å². The maximum Gasteiger partial charge on any atom is 0.339 e. The molecular weight excluding hydrogens is 220 g/mol. The number of rotatable bonds is 4. The third kappa shape index (κ3) is 3.31. The van der Waals surface area contributed by atoms with Gasteiger partial charge in [-0.15, -0.1) is 0 Å². The van der Waals surface area contributed by atoms with E-state index in [4.69, 9.17) is 9.84 Å². The molecule has 0 aliphatic carbocycles. The van der Waals surface area contributed by atoms with Crippen LogP contribution in [-0.2, 0) is 4.79 Å². The molecule has 92 valence electrons. The van der Waals surface area contributed by atoms with Gasteiger partial charge in [-0.05, 0) is 30.0 Å². The summed E-state index contributed by atoms with van der Waals surface area (Å²) in [7, 11) is 0. The zero-order valence-corrected chi connectivity index (χ0v) is 10.2. The van der Waals surface area contributed by atoms with Crippen molar-refractivity contribution in [2.75, 3.05) is 0 Å². The summed E-state index contributed by atoms with van der Waals surface area (Å²) in [5, 5.41) is 9.07. The molecule has 17 heavy (non-hydrogen) atoms. The van der Waals surface area contributed by atoms with Crippen LogP contribution in [0.2, 0.25) is 0 Å². The quantitative estimate of drug-likeness (QED) is 0.645. The normalized spacial score (nSPS) is 11.9. The number of carboxylic acids is 1. The van der Waals surface area contributed by atoms with E-state index in [1.807, 2.05) is 13.8 Å². The van der Waals surface area contributed by atoms with E-state index in [0.29, 0.717) is 0 Å². The molecule has 1 N–H and O–H groups in total. The van der Waals surface area contributed by atoms with Crippen LogP contribution in [0, 0.1) is 0 Å². The van der Waals surface area contributed by atoms with Crippen molar-refractivity contribution in [3.8, 4) is 5.75 Å². The summed E-state index contributed by atoms with van der Waals surface area (Å²) in [5.41, 5.74) is 0.957. The Hall–Kier alpha value is -1.84. The fourth-order valence-corrected chi connectivity index (χ4v) is 1.50. The molecule has 0 fully saturated rings. The SMILES string of the molecule is CC[C@H](C)c1ccc(OC(C)=O)c(C(=O)O)c1. The highest BCUT2D eigenvalue weighted by atomic mass is 16.5. The van der Waals surface area contributed by atoms with Crippen LogP contribution in [0.1, 0.15) is 49.0 Å². The molecule has 0 aliphatic rings. The maximum atomic E-state index is 11.1. The Morgan fingerprint density at radius 3 is 2.53 bits per heavy atom. The van der Waals surface area contributed by atoms with Gasteiger partial charge in [-0.2, -0.15) is 0 Å². The molecule has 0 bridgehead atoms. The van der Waals surface area contributed by atoms with Crippen molar-refractivity contribution >= 4 is 11.9 Å². The number of hydrogen-bond donors (Lipinski definition) is 1. The van der Waals surface area contributed by atoms with E-state index in [9.17, 15) is 9.59 Å². The molecular formula is C13H16O4. The lowest BCUT2D eigenvalue weighted by Crippen LogP contribution is -2.08. The van der Waals surface area contributed by atoms with E-state index in [1.54, 1.807) is 12.1 Å². The summed E-state index contributed by atoms with van der Waals surface area (Å²) < 4.78 is 4.86. The van der Waals surface area contributed by atoms with Crippen molar-refractivity contribution in [3.63, 3.8) is 0 Å². The number of hydrogen-bond acceptors (Lipinski definition) is 3. The average molecular weight is 236 g/mol. The van der Waals surface area contributed by atoms with E-state index in [2.05, 4.69) is 0 Å². The number of carbonyl (C=O) groups excluding carboxylic acids is 1. The second kappa shape index (κ2) is 5.48. The van der Waals surface area contributed by atoms with Crippen molar-refractivity contribution < 1.29 is 19.4 Å². The molecule has 0 heterocycles. The summed E-state index contributed by atoms with van der Waals surface area (Å²) in [5.74, 6) is -1.24. The summed E-state index contributed by atoms with van der Waals surface area (Å²) in [6.07, 6.45) is 0.923. The molecule has 1 aromatic rings. The monoisotopic (exact) mass is 236 g/mol. The van der Waals surface area contributed by atoms with Gasteiger partial charge in [0.15, 0.2) is 0 Å². The third-order valence-electron chi connectivity index (χ3n) is 2.67. The third-order valence-corrected chi connectivity index (χ3v) is 2.67. The van der Waals surface area contributed by atoms with E-state index >= 15 is 0 Å². The lowest BCUT2D eigenvalue weighted by atomic mass is 9.96. The molecule has 0 saturated heterocycles. The Bertz CT molecular complexity index is 437. The number of esters is 1. The van der Waals surface area contributed by atoms with Crippen LogP contribution in [0.25, 0.3) is 0 Å². The van der Waals surface area contributed by atoms with Gasteiger partial charge in [0.2, 0.25) is 0 Å². The van der Waals surface area contributed by atoms with E-state index < -0.39 is 11.9 Å². The highest BCUT2D eigenvalue weighted by molar-refractivity contribution is 5.92. The molecule has 0 unspecified atom stereocenters. The van der Waals surface area contributed by atoms with E-state index in [0.717, 1.165) is 12.0 Å². The standard InChI is InChI=1S/C13H16O4/c1-4-8(2)10-5-6-12(17-9(3)14)11(7-10)13(15)16/h5-8H,4H2,1-3H3,(H,15,16)/t8-/m0/s1. The molecule has 1 atom stereocenters. The Morgan fingerprint density at radius 2 is 2.06 bits per heavy atom. The molecule has 0 amide bonds. The van der Waals surface area contributed by atoms with Gasteiger partial charge in [-0.1, -0.05) is 19.9 Å². The molecule has 0 spiro atoms. The zero-order valence-electron chi connectivity index (χ0n) is 10.2. The summed E-state index contributed by atoms with van der Waals surface area (Å²) >= 11 is 0. The Morgan fingerprint density at radius 1 is 1.41 bits per heavy atom. The lowest BCUT2D eigenvalue weighted by Gasteiger charge is -2.12. The maximum absolute atomic E-state index is 11.1. The van der Waals surface area contributed by atoms with Gasteiger partial charge in [-0.3, -0.25) is 4.79 Å². The predicted octanol–water partition coefficient (Wildman–Crippen LogP) is 2.82. The highest BCUT2D eigenvalue weighted by Crippen LogP contribution is 2.26. The zero-order chi connectivity index (χ0) is 13.0. The van der Waals surface area contributed by atoms with Crippen molar-refractivity contribution in [2.24, 2.45) is 0 Å². The van der Waals surface area contributed by atoms with Crippen LogP contribution >= 0.6 is 0 Å². The number of ether oxygens (including phenoxy) is 1. The van der Waals surface area contributed by atoms with Gasteiger partial charge in [0.1, 0.15) is 11.3 Å². The number of benzene rings is 1. The molecule has 4 nitrogen and oxygen atoms in total. The first kappa shape index (κ1) is 13.2. The second-order valence-corrected chi connectivity index (χ2v) is 3.96. The minimum atomic E-state index is -1.09. The van der Waals surface area contributed by atoms with Crippen LogP contribution < -0.4 is 4.74 Å². The summed E-state index contributed by atoms with van der Waals surface area (Å²) in [4.78, 5) is 21.9. The Kier molecular flexibility index (Phi) is 4.26. The fourth-order valence-electron chi connectivity index (χ4n) is 1.50. The van der Waals surface area contributed by atoms with Crippen LogP contribution in [0.3, 0.4) is 0 Å². The molecule has 0 radical (unpaired) electrons. The highest BCUT2D eigenvalue weighted by Gasteiger charge is 2.15. The first-order chi connectivity index (χ1) is 7.95. The summed E-state index contributed by atoms with van der Waals surface area (Å²) in [6.45, 7) is 5.30. The van der Waals surface area contributed by atoms with E-state index in [1.165, 1.54) is 13.0 Å². The fraction of sp³-hybridized carbons (Fsp3) is 0.385. The van der Waals surface area contributed by atoms with E-state index in [-0.39, 0.29) is 17.2 Å². The summed E-state index contributed by atoms with van der Waals surface area (Å²) in [6, 6.07) is 4.89. The van der Waals surface area contributed by atoms with Crippen LogP contribution in [0.5, 0.6) is 5.75 Å². The van der Waals surface area contributed by atoms with Gasteiger partial charge in [0, 0.05) is 6.92 Å². The van der Waals surface area contributed by atoms with Gasteiger partial charge in [-0.25, -0.2) is 4.79 Å². The van der Waals surface area contributed by atoms with Crippen molar-refractivity contribution in [1.29, 1.82) is 0 Å². The smallest absolute Gasteiger partial charge is 0.339 e. The largest absolute Gasteiger partial charge is 0.478 e. The number of aromatic carboxylic acids is 1. The van der Waals surface area contributed by atoms with Crippen molar-refractivity contribution in [1.82, 2.24) is 0 Å². The van der Waals surface area contributed by atoms with Crippen LogP contribution in [0.4, 0.5) is 0 Å². The molecule has 0 saturated carbocycles. The van der Waals surface area contributed by atoms with Gasteiger partial charge < -0.3 is 9.84 Å². The Labute approximate surface area is 100 Å². The first-order valence-corrected chi connectivity index (χ1v) is 5.51. The molecule has 4 heteroatoms. The molecule has 0 aromatic heterocycles. The number of carbonyl (C=O) groups is 2. The topological polar surface area (TPSA) is 63.6 Å². The van der Waals surface area contributed by atoms with Crippen molar-refractivity contribution in [3.05, 3.63) is 29.3 Å². The second-order valence-electron chi connectivity index (χ2n) is 3.96. The van der Waals surface area contributed by atoms with Crippen LogP contribution in [0.15, 0.2) is 18.2 Å². The van der Waals surface area contributed by atoms with Crippen molar-refractivity contribution in [2.45, 2.75) is 33.1 Å². The molecule has 0 aliphatic heterocycles. The minimum Gasteiger partial charge on any atom is -0.478 e. The Balaban J connectivity index is 3.17. The lowest BCUT2D eigenvalue weighted by molar-refractivity contribution is -0.131. The van der Waals surface area contributed by atoms with Gasteiger partial charge >= 0.3 is 11.9 Å². The minimum absolute atomic E-state index is 0.0259.